The Morgan fingerprint density at radius 1 is 1.09 bits per heavy atom. The molecule has 0 aliphatic carbocycles. The Kier molecular flexibility index (Phi) is 5.81. The maximum atomic E-state index is 13.3. The number of primary amides is 1. The normalized spacial score (nSPS) is 15.7. The van der Waals surface area contributed by atoms with Gasteiger partial charge in [0.2, 0.25) is 11.8 Å². The van der Waals surface area contributed by atoms with Crippen LogP contribution < -0.4 is 5.73 Å². The van der Waals surface area contributed by atoms with E-state index in [-0.39, 0.29) is 23.1 Å². The van der Waals surface area contributed by atoms with Crippen LogP contribution in [0, 0.1) is 0 Å². The summed E-state index contributed by atoms with van der Waals surface area (Å²) in [7, 11) is 1.67. The summed E-state index contributed by atoms with van der Waals surface area (Å²) in [6.45, 7) is 0.742. The molecule has 7 nitrogen and oxygen atoms in total. The summed E-state index contributed by atoms with van der Waals surface area (Å²) in [6, 6.07) is 17.0. The van der Waals surface area contributed by atoms with Gasteiger partial charge in [-0.3, -0.25) is 14.4 Å². The van der Waals surface area contributed by atoms with Crippen LogP contribution in [0.5, 0.6) is 5.75 Å². The summed E-state index contributed by atoms with van der Waals surface area (Å²) in [4.78, 5) is 41.0. The Hall–Kier alpha value is -3.87. The maximum Gasteiger partial charge on any atom is 0.258 e. The number of benzene rings is 3. The molecule has 0 bridgehead atoms. The zero-order valence-electron chi connectivity index (χ0n) is 17.8. The Bertz CT molecular complexity index is 1210. The Labute approximate surface area is 186 Å². The van der Waals surface area contributed by atoms with Crippen LogP contribution in [0.4, 0.5) is 0 Å². The fourth-order valence-corrected chi connectivity index (χ4v) is 4.28. The van der Waals surface area contributed by atoms with Crippen LogP contribution in [0.2, 0.25) is 0 Å². The average Bonchev–Trinajstić information content (AvgIpc) is 3.28. The van der Waals surface area contributed by atoms with Gasteiger partial charge in [0.1, 0.15) is 11.8 Å². The summed E-state index contributed by atoms with van der Waals surface area (Å²) in [5, 5.41) is 12.1. The number of fused-ring (bicyclic) bond motifs is 1. The highest BCUT2D eigenvalue weighted by Crippen LogP contribution is 2.31. The topological polar surface area (TPSA) is 104 Å². The van der Waals surface area contributed by atoms with E-state index in [1.807, 2.05) is 18.2 Å². The van der Waals surface area contributed by atoms with Gasteiger partial charge < -0.3 is 20.6 Å². The molecule has 3 N–H and O–H groups in total. The van der Waals surface area contributed by atoms with Gasteiger partial charge in [0.15, 0.2) is 0 Å². The summed E-state index contributed by atoms with van der Waals surface area (Å²) in [6.07, 6.45) is 1.27. The molecular weight excluding hydrogens is 406 g/mol. The number of rotatable bonds is 5. The van der Waals surface area contributed by atoms with E-state index in [2.05, 4.69) is 0 Å². The Balaban J connectivity index is 1.53. The van der Waals surface area contributed by atoms with Crippen molar-refractivity contribution in [1.29, 1.82) is 0 Å². The van der Waals surface area contributed by atoms with E-state index >= 15 is 0 Å². The van der Waals surface area contributed by atoms with E-state index in [9.17, 15) is 19.5 Å². The molecule has 1 unspecified atom stereocenters. The van der Waals surface area contributed by atoms with Gasteiger partial charge in [-0.1, -0.05) is 42.5 Å². The summed E-state index contributed by atoms with van der Waals surface area (Å²) < 4.78 is 0. The first-order valence-corrected chi connectivity index (χ1v) is 10.5. The molecule has 1 aliphatic rings. The van der Waals surface area contributed by atoms with Gasteiger partial charge >= 0.3 is 0 Å². The van der Waals surface area contributed by atoms with E-state index in [1.54, 1.807) is 59.3 Å². The lowest BCUT2D eigenvalue weighted by molar-refractivity contribution is -0.134. The number of hydrogen-bond donors (Lipinski definition) is 2. The highest BCUT2D eigenvalue weighted by atomic mass is 16.3. The SMILES string of the molecule is CN(Cc1cccc(C(N)=O)c1)C(=O)C1CCCN1C(=O)c1ccc2ccccc2c1O. The number of phenols is 1. The fraction of sp³-hybridized carbons (Fsp3) is 0.240. The molecule has 0 aromatic heterocycles. The number of likely N-dealkylation sites (tertiary alicyclic amines) is 1. The number of likely N-dealkylation sites (N-methyl/N-ethyl adjacent to an activating group) is 1. The molecule has 4 rings (SSSR count). The molecule has 7 heteroatoms. The maximum absolute atomic E-state index is 13.3. The van der Waals surface area contributed by atoms with Crippen molar-refractivity contribution in [3.8, 4) is 5.75 Å². The molecule has 0 spiro atoms. The molecule has 32 heavy (non-hydrogen) atoms. The minimum absolute atomic E-state index is 0.0668. The monoisotopic (exact) mass is 431 g/mol. The molecule has 1 heterocycles. The first-order valence-electron chi connectivity index (χ1n) is 10.5. The molecule has 164 valence electrons. The second-order valence-corrected chi connectivity index (χ2v) is 8.10. The third kappa shape index (κ3) is 4.01. The van der Waals surface area contributed by atoms with Crippen molar-refractivity contribution < 1.29 is 19.5 Å². The molecule has 1 atom stereocenters. The van der Waals surface area contributed by atoms with Crippen LogP contribution in [-0.4, -0.2) is 52.3 Å². The van der Waals surface area contributed by atoms with Crippen LogP contribution in [-0.2, 0) is 11.3 Å². The number of hydrogen-bond acceptors (Lipinski definition) is 4. The number of amides is 3. The quantitative estimate of drug-likeness (QED) is 0.648. The van der Waals surface area contributed by atoms with Crippen molar-refractivity contribution in [3.63, 3.8) is 0 Å². The predicted octanol–water partition coefficient (Wildman–Crippen LogP) is 2.91. The van der Waals surface area contributed by atoms with Gasteiger partial charge in [-0.15, -0.1) is 0 Å². The van der Waals surface area contributed by atoms with Crippen molar-refractivity contribution in [2.75, 3.05) is 13.6 Å². The number of carbonyl (C=O) groups excluding carboxylic acids is 3. The molecule has 1 aliphatic heterocycles. The van der Waals surface area contributed by atoms with Gasteiger partial charge in [-0.05, 0) is 42.0 Å². The van der Waals surface area contributed by atoms with Crippen LogP contribution in [0.1, 0.15) is 39.1 Å². The zero-order chi connectivity index (χ0) is 22.8. The average molecular weight is 431 g/mol. The standard InChI is InChI=1S/C25H25N3O4/c1-27(15-16-6-4-8-18(14-16)23(26)30)25(32)21-10-5-13-28(21)24(31)20-12-11-17-7-2-3-9-19(17)22(20)29/h2-4,6-9,11-12,14,21,29H,5,10,13,15H2,1H3,(H2,26,30). The molecule has 3 amide bonds. The smallest absolute Gasteiger partial charge is 0.258 e. The van der Waals surface area contributed by atoms with Gasteiger partial charge in [-0.2, -0.15) is 0 Å². The minimum atomic E-state index is -0.599. The molecule has 0 radical (unpaired) electrons. The van der Waals surface area contributed by atoms with E-state index in [4.69, 9.17) is 5.73 Å². The third-order valence-electron chi connectivity index (χ3n) is 5.94. The van der Waals surface area contributed by atoms with Crippen LogP contribution >= 0.6 is 0 Å². The highest BCUT2D eigenvalue weighted by Gasteiger charge is 2.37. The number of carbonyl (C=O) groups is 3. The molecule has 3 aromatic carbocycles. The summed E-state index contributed by atoms with van der Waals surface area (Å²) in [5.74, 6) is -1.12. The van der Waals surface area contributed by atoms with Crippen molar-refractivity contribution in [2.24, 2.45) is 5.73 Å². The zero-order valence-corrected chi connectivity index (χ0v) is 17.8. The lowest BCUT2D eigenvalue weighted by atomic mass is 10.0. The van der Waals surface area contributed by atoms with Crippen molar-refractivity contribution in [3.05, 3.63) is 77.4 Å². The number of nitrogens with two attached hydrogens (primary N) is 1. The predicted molar refractivity (Wildman–Crippen MR) is 121 cm³/mol. The Morgan fingerprint density at radius 3 is 2.66 bits per heavy atom. The summed E-state index contributed by atoms with van der Waals surface area (Å²) in [5.41, 5.74) is 6.70. The third-order valence-corrected chi connectivity index (χ3v) is 5.94. The second kappa shape index (κ2) is 8.70. The largest absolute Gasteiger partial charge is 0.506 e. The van der Waals surface area contributed by atoms with Crippen LogP contribution in [0.15, 0.2) is 60.7 Å². The van der Waals surface area contributed by atoms with Crippen LogP contribution in [0.25, 0.3) is 10.8 Å². The van der Waals surface area contributed by atoms with Crippen molar-refractivity contribution in [2.45, 2.75) is 25.4 Å². The van der Waals surface area contributed by atoms with Gasteiger partial charge in [0.05, 0.1) is 5.56 Å². The molecule has 1 saturated heterocycles. The van der Waals surface area contributed by atoms with Gasteiger partial charge in [0, 0.05) is 31.1 Å². The molecule has 0 saturated carbocycles. The van der Waals surface area contributed by atoms with E-state index in [0.717, 1.165) is 10.9 Å². The lowest BCUT2D eigenvalue weighted by Crippen LogP contribution is -2.46. The fourth-order valence-electron chi connectivity index (χ4n) is 4.28. The van der Waals surface area contributed by atoms with Crippen LogP contribution in [0.3, 0.4) is 0 Å². The van der Waals surface area contributed by atoms with E-state index < -0.39 is 11.9 Å². The van der Waals surface area contributed by atoms with Crippen molar-refractivity contribution >= 4 is 28.5 Å². The van der Waals surface area contributed by atoms with Gasteiger partial charge in [-0.25, -0.2) is 0 Å². The van der Waals surface area contributed by atoms with E-state index in [1.165, 1.54) is 0 Å². The number of phenolic OH excluding ortho intramolecular Hbond substituents is 1. The molecule has 1 fully saturated rings. The number of nitrogens with zero attached hydrogens (tertiary/aromatic N) is 2. The number of aromatic hydroxyl groups is 1. The molecular formula is C25H25N3O4. The van der Waals surface area contributed by atoms with Crippen molar-refractivity contribution in [1.82, 2.24) is 9.80 Å². The minimum Gasteiger partial charge on any atom is -0.506 e. The second-order valence-electron chi connectivity index (χ2n) is 8.10. The van der Waals surface area contributed by atoms with E-state index in [0.29, 0.717) is 36.9 Å². The highest BCUT2D eigenvalue weighted by molar-refractivity contribution is 6.05. The first kappa shape index (κ1) is 21.4. The Morgan fingerprint density at radius 2 is 1.88 bits per heavy atom. The first-order chi connectivity index (χ1) is 15.4. The van der Waals surface area contributed by atoms with Gasteiger partial charge in [0.25, 0.3) is 5.91 Å². The summed E-state index contributed by atoms with van der Waals surface area (Å²) >= 11 is 0. The molecule has 3 aromatic rings. The lowest BCUT2D eigenvalue weighted by Gasteiger charge is -2.28.